The largest absolute Gasteiger partial charge is 0.493 e. The second-order valence-corrected chi connectivity index (χ2v) is 6.04. The molecule has 1 aliphatic rings. The highest BCUT2D eigenvalue weighted by molar-refractivity contribution is 5.84. The molecule has 0 amide bonds. The summed E-state index contributed by atoms with van der Waals surface area (Å²) in [6.07, 6.45) is 5.87. The predicted molar refractivity (Wildman–Crippen MR) is 93.5 cm³/mol. The van der Waals surface area contributed by atoms with Crippen molar-refractivity contribution in [3.63, 3.8) is 0 Å². The highest BCUT2D eigenvalue weighted by Gasteiger charge is 2.17. The molecular weight excluding hydrogens is 317 g/mol. The fourth-order valence-electron chi connectivity index (χ4n) is 3.34. The van der Waals surface area contributed by atoms with Gasteiger partial charge in [-0.3, -0.25) is 9.55 Å². The van der Waals surface area contributed by atoms with E-state index in [9.17, 15) is 0 Å². The quantitative estimate of drug-likeness (QED) is 0.554. The van der Waals surface area contributed by atoms with E-state index in [0.717, 1.165) is 29.0 Å². The number of rotatable bonds is 2. The Labute approximate surface area is 143 Å². The normalized spacial score (nSPS) is 13.0. The first kappa shape index (κ1) is 14.2. The van der Waals surface area contributed by atoms with Crippen molar-refractivity contribution >= 4 is 11.0 Å². The van der Waals surface area contributed by atoms with Gasteiger partial charge in [0.05, 0.1) is 12.1 Å². The van der Waals surface area contributed by atoms with Gasteiger partial charge in [0, 0.05) is 30.1 Å². The summed E-state index contributed by atoms with van der Waals surface area (Å²) in [7, 11) is 0. The van der Waals surface area contributed by atoms with Gasteiger partial charge in [-0.1, -0.05) is 0 Å². The molecular formula is C20H14FN3O. The van der Waals surface area contributed by atoms with E-state index in [1.165, 1.54) is 0 Å². The third-order valence-corrected chi connectivity index (χ3v) is 4.59. The van der Waals surface area contributed by atoms with Gasteiger partial charge in [0.2, 0.25) is 0 Å². The molecule has 3 heterocycles. The van der Waals surface area contributed by atoms with E-state index in [0.29, 0.717) is 23.2 Å². The predicted octanol–water partition coefficient (Wildman–Crippen LogP) is 4.16. The van der Waals surface area contributed by atoms with Gasteiger partial charge in [0.15, 0.2) is 5.82 Å². The SMILES string of the molecule is Fc1c(-c2ccncc2)ccc2ncn(-c3ccc4c(c3)CCO4)c12. The van der Waals surface area contributed by atoms with Crippen LogP contribution in [0.3, 0.4) is 0 Å². The second kappa shape index (κ2) is 5.41. The summed E-state index contributed by atoms with van der Waals surface area (Å²) in [5.74, 6) is 0.629. The van der Waals surface area contributed by atoms with Gasteiger partial charge in [0.25, 0.3) is 0 Å². The molecule has 5 heteroatoms. The van der Waals surface area contributed by atoms with E-state index in [4.69, 9.17) is 4.74 Å². The lowest BCUT2D eigenvalue weighted by Gasteiger charge is -2.09. The average Bonchev–Trinajstić information content (AvgIpc) is 3.29. The molecule has 0 aliphatic carbocycles. The van der Waals surface area contributed by atoms with Crippen LogP contribution < -0.4 is 4.74 Å². The van der Waals surface area contributed by atoms with E-state index < -0.39 is 0 Å². The van der Waals surface area contributed by atoms with Crippen molar-refractivity contribution in [1.82, 2.24) is 14.5 Å². The average molecular weight is 331 g/mol. The third kappa shape index (κ3) is 2.20. The zero-order chi connectivity index (χ0) is 16.8. The van der Waals surface area contributed by atoms with Crippen molar-refractivity contribution in [1.29, 1.82) is 0 Å². The zero-order valence-corrected chi connectivity index (χ0v) is 13.3. The minimum absolute atomic E-state index is 0.280. The maximum atomic E-state index is 15.3. The van der Waals surface area contributed by atoms with E-state index in [1.54, 1.807) is 41.5 Å². The Bertz CT molecular complexity index is 1090. The topological polar surface area (TPSA) is 39.9 Å². The Morgan fingerprint density at radius 3 is 2.80 bits per heavy atom. The molecule has 2 aromatic carbocycles. The molecule has 0 unspecified atom stereocenters. The van der Waals surface area contributed by atoms with E-state index in [1.807, 2.05) is 24.3 Å². The standard InChI is InChI=1S/C20H14FN3O/c21-19-16(13-5-8-22-9-6-13)2-3-17-20(19)24(12-23-17)15-1-4-18-14(11-15)7-10-25-18/h1-6,8-9,11-12H,7,10H2. The number of hydrogen-bond acceptors (Lipinski definition) is 3. The third-order valence-electron chi connectivity index (χ3n) is 4.59. The highest BCUT2D eigenvalue weighted by atomic mass is 19.1. The molecule has 122 valence electrons. The Hall–Kier alpha value is -3.21. The van der Waals surface area contributed by atoms with Crippen LogP contribution in [0, 0.1) is 5.82 Å². The van der Waals surface area contributed by atoms with Crippen LogP contribution in [0.2, 0.25) is 0 Å². The number of aromatic nitrogens is 3. The molecule has 0 bridgehead atoms. The Kier molecular flexibility index (Phi) is 3.06. The lowest BCUT2D eigenvalue weighted by atomic mass is 10.1. The first-order valence-electron chi connectivity index (χ1n) is 8.13. The number of nitrogens with zero attached hydrogens (tertiary/aromatic N) is 3. The Morgan fingerprint density at radius 2 is 1.92 bits per heavy atom. The van der Waals surface area contributed by atoms with Crippen LogP contribution in [0.1, 0.15) is 5.56 Å². The van der Waals surface area contributed by atoms with Gasteiger partial charge in [-0.2, -0.15) is 0 Å². The van der Waals surface area contributed by atoms with Crippen LogP contribution in [0.15, 0.2) is 61.2 Å². The number of fused-ring (bicyclic) bond motifs is 2. The lowest BCUT2D eigenvalue weighted by Crippen LogP contribution is -1.96. The molecule has 0 fully saturated rings. The molecule has 0 atom stereocenters. The van der Waals surface area contributed by atoms with Crippen LogP contribution in [-0.4, -0.2) is 21.1 Å². The summed E-state index contributed by atoms with van der Waals surface area (Å²) in [4.78, 5) is 8.36. The molecule has 0 saturated carbocycles. The maximum Gasteiger partial charge on any atom is 0.157 e. The maximum absolute atomic E-state index is 15.3. The monoisotopic (exact) mass is 331 g/mol. The number of pyridine rings is 1. The summed E-state index contributed by atoms with van der Waals surface area (Å²) in [6.45, 7) is 0.698. The number of imidazole rings is 1. The van der Waals surface area contributed by atoms with Crippen LogP contribution >= 0.6 is 0 Å². The highest BCUT2D eigenvalue weighted by Crippen LogP contribution is 2.32. The fraction of sp³-hybridized carbons (Fsp3) is 0.100. The number of hydrogen-bond donors (Lipinski definition) is 0. The minimum atomic E-state index is -0.280. The second-order valence-electron chi connectivity index (χ2n) is 6.04. The molecule has 2 aromatic heterocycles. The molecule has 0 spiro atoms. The molecule has 25 heavy (non-hydrogen) atoms. The smallest absolute Gasteiger partial charge is 0.157 e. The summed E-state index contributed by atoms with van der Waals surface area (Å²) in [5.41, 5.74) is 4.48. The van der Waals surface area contributed by atoms with Gasteiger partial charge in [-0.15, -0.1) is 0 Å². The first-order valence-corrected chi connectivity index (χ1v) is 8.13. The Morgan fingerprint density at radius 1 is 1.04 bits per heavy atom. The molecule has 4 aromatic rings. The molecule has 4 nitrogen and oxygen atoms in total. The van der Waals surface area contributed by atoms with Crippen LogP contribution in [0.5, 0.6) is 5.75 Å². The Balaban J connectivity index is 1.72. The molecule has 0 radical (unpaired) electrons. The number of ether oxygens (including phenoxy) is 1. The first-order chi connectivity index (χ1) is 12.3. The minimum Gasteiger partial charge on any atom is -0.493 e. The molecule has 0 N–H and O–H groups in total. The van der Waals surface area contributed by atoms with Crippen molar-refractivity contribution in [3.8, 4) is 22.6 Å². The van der Waals surface area contributed by atoms with Gasteiger partial charge in [-0.05, 0) is 53.6 Å². The van der Waals surface area contributed by atoms with Crippen molar-refractivity contribution in [2.24, 2.45) is 0 Å². The van der Waals surface area contributed by atoms with E-state index >= 15 is 4.39 Å². The summed E-state index contributed by atoms with van der Waals surface area (Å²) < 4.78 is 22.7. The van der Waals surface area contributed by atoms with Gasteiger partial charge in [-0.25, -0.2) is 9.37 Å². The van der Waals surface area contributed by atoms with Gasteiger partial charge >= 0.3 is 0 Å². The van der Waals surface area contributed by atoms with Crippen LogP contribution in [-0.2, 0) is 6.42 Å². The van der Waals surface area contributed by atoms with Gasteiger partial charge < -0.3 is 4.74 Å². The van der Waals surface area contributed by atoms with Crippen molar-refractivity contribution in [2.75, 3.05) is 6.61 Å². The molecule has 5 rings (SSSR count). The van der Waals surface area contributed by atoms with E-state index in [2.05, 4.69) is 9.97 Å². The molecule has 1 aliphatic heterocycles. The zero-order valence-electron chi connectivity index (χ0n) is 13.3. The van der Waals surface area contributed by atoms with E-state index in [-0.39, 0.29) is 5.82 Å². The van der Waals surface area contributed by atoms with Crippen LogP contribution in [0.4, 0.5) is 4.39 Å². The fourth-order valence-corrected chi connectivity index (χ4v) is 3.34. The summed E-state index contributed by atoms with van der Waals surface area (Å²) in [6, 6.07) is 13.1. The lowest BCUT2D eigenvalue weighted by molar-refractivity contribution is 0.357. The van der Waals surface area contributed by atoms with Crippen molar-refractivity contribution < 1.29 is 9.13 Å². The number of halogens is 1. The van der Waals surface area contributed by atoms with Crippen LogP contribution in [0.25, 0.3) is 27.8 Å². The van der Waals surface area contributed by atoms with Crippen molar-refractivity contribution in [3.05, 3.63) is 72.6 Å². The molecule has 0 saturated heterocycles. The van der Waals surface area contributed by atoms with Crippen molar-refractivity contribution in [2.45, 2.75) is 6.42 Å². The summed E-state index contributed by atoms with van der Waals surface area (Å²) >= 11 is 0. The summed E-state index contributed by atoms with van der Waals surface area (Å²) in [5, 5.41) is 0. The number of benzene rings is 2. The van der Waals surface area contributed by atoms with Gasteiger partial charge in [0.1, 0.15) is 17.6 Å².